The van der Waals surface area contributed by atoms with E-state index in [-0.39, 0.29) is 5.91 Å². The van der Waals surface area contributed by atoms with Crippen LogP contribution in [0.5, 0.6) is 0 Å². The number of nitrogens with one attached hydrogen (secondary N) is 3. The topological polar surface area (TPSA) is 91.4 Å². The van der Waals surface area contributed by atoms with Crippen LogP contribution in [0.2, 0.25) is 0 Å². The fourth-order valence-electron chi connectivity index (χ4n) is 4.19. The molecule has 27 heavy (non-hydrogen) atoms. The number of hydrogen-bond donors (Lipinski definition) is 3. The lowest BCUT2D eigenvalue weighted by molar-refractivity contribution is 0.102. The number of rotatable bonds is 3. The Morgan fingerprint density at radius 2 is 2.15 bits per heavy atom. The van der Waals surface area contributed by atoms with Gasteiger partial charge in [0.2, 0.25) is 0 Å². The van der Waals surface area contributed by atoms with Gasteiger partial charge in [0.15, 0.2) is 5.65 Å². The van der Waals surface area contributed by atoms with Gasteiger partial charge < -0.3 is 10.3 Å². The molecule has 1 aromatic carbocycles. The maximum absolute atomic E-state index is 12.9. The summed E-state index contributed by atoms with van der Waals surface area (Å²) in [6, 6.07) is 5.88. The van der Waals surface area contributed by atoms with Crippen LogP contribution in [-0.2, 0) is 26.3 Å². The Labute approximate surface area is 156 Å². The molecule has 7 heteroatoms. The van der Waals surface area contributed by atoms with E-state index >= 15 is 0 Å². The van der Waals surface area contributed by atoms with Crippen molar-refractivity contribution in [2.75, 3.05) is 5.32 Å². The number of amides is 1. The van der Waals surface area contributed by atoms with E-state index in [4.69, 9.17) is 0 Å². The molecule has 1 aliphatic rings. The molecule has 0 bridgehead atoms. The number of anilines is 1. The number of aromatic amines is 2. The van der Waals surface area contributed by atoms with Crippen molar-refractivity contribution in [3.8, 4) is 0 Å². The van der Waals surface area contributed by atoms with Gasteiger partial charge in [0.05, 0.1) is 11.1 Å². The standard InChI is InChI=1S/C20H22N6O/c1-3-14-17-18(23-24-19(17)26(2)25-14)22-20(27)11-8-9-16-13(10-11)12-6-4-5-7-15(12)21-16/h8-10,21H,3-7H2,1-2H3,(H2,22,23,24,27). The molecule has 5 rings (SSSR count). The van der Waals surface area contributed by atoms with E-state index in [0.29, 0.717) is 11.4 Å². The average Bonchev–Trinajstić information content (AvgIpc) is 3.35. The number of carbonyl (C=O) groups excluding carboxylic acids is 1. The summed E-state index contributed by atoms with van der Waals surface area (Å²) in [5.41, 5.74) is 6.13. The lowest BCUT2D eigenvalue weighted by atomic mass is 9.95. The quantitative estimate of drug-likeness (QED) is 0.521. The van der Waals surface area contributed by atoms with Crippen LogP contribution in [0, 0.1) is 0 Å². The minimum absolute atomic E-state index is 0.140. The highest BCUT2D eigenvalue weighted by molar-refractivity contribution is 6.09. The summed E-state index contributed by atoms with van der Waals surface area (Å²) in [6.07, 6.45) is 5.40. The fourth-order valence-corrected chi connectivity index (χ4v) is 4.19. The summed E-state index contributed by atoms with van der Waals surface area (Å²) >= 11 is 0. The summed E-state index contributed by atoms with van der Waals surface area (Å²) in [4.78, 5) is 16.4. The normalized spacial score (nSPS) is 14.0. The van der Waals surface area contributed by atoms with Crippen LogP contribution in [0.25, 0.3) is 21.9 Å². The summed E-state index contributed by atoms with van der Waals surface area (Å²) in [7, 11) is 1.86. The molecule has 138 valence electrons. The van der Waals surface area contributed by atoms with Crippen molar-refractivity contribution in [2.45, 2.75) is 39.0 Å². The molecule has 0 unspecified atom stereocenters. The van der Waals surface area contributed by atoms with E-state index in [1.807, 2.05) is 32.2 Å². The molecule has 0 spiro atoms. The lowest BCUT2D eigenvalue weighted by Gasteiger charge is -2.10. The second kappa shape index (κ2) is 5.97. The molecule has 7 nitrogen and oxygen atoms in total. The summed E-state index contributed by atoms with van der Waals surface area (Å²) in [5.74, 6) is 0.468. The number of aromatic nitrogens is 5. The van der Waals surface area contributed by atoms with E-state index in [2.05, 4.69) is 25.6 Å². The number of hydrogen-bond acceptors (Lipinski definition) is 3. The zero-order chi connectivity index (χ0) is 18.5. The Morgan fingerprint density at radius 3 is 3.00 bits per heavy atom. The zero-order valence-corrected chi connectivity index (χ0v) is 15.5. The zero-order valence-electron chi connectivity index (χ0n) is 15.5. The van der Waals surface area contributed by atoms with Crippen molar-refractivity contribution in [3.63, 3.8) is 0 Å². The molecule has 3 N–H and O–H groups in total. The smallest absolute Gasteiger partial charge is 0.256 e. The molecule has 0 saturated carbocycles. The van der Waals surface area contributed by atoms with Crippen molar-refractivity contribution in [1.82, 2.24) is 25.0 Å². The molecule has 0 saturated heterocycles. The molecule has 4 aromatic rings. The minimum Gasteiger partial charge on any atom is -0.358 e. The van der Waals surface area contributed by atoms with Gasteiger partial charge in [-0.05, 0) is 55.9 Å². The van der Waals surface area contributed by atoms with Gasteiger partial charge in [0, 0.05) is 29.2 Å². The molecule has 0 fully saturated rings. The monoisotopic (exact) mass is 362 g/mol. The third-order valence-electron chi connectivity index (χ3n) is 5.55. The number of aryl methyl sites for hydroxylation is 4. The van der Waals surface area contributed by atoms with Gasteiger partial charge >= 0.3 is 0 Å². The molecule has 3 heterocycles. The first-order valence-electron chi connectivity index (χ1n) is 9.50. The summed E-state index contributed by atoms with van der Waals surface area (Å²) < 4.78 is 1.73. The molecule has 0 aliphatic heterocycles. The van der Waals surface area contributed by atoms with Crippen molar-refractivity contribution >= 4 is 33.7 Å². The van der Waals surface area contributed by atoms with E-state index in [1.54, 1.807) is 4.68 Å². The van der Waals surface area contributed by atoms with Crippen molar-refractivity contribution in [1.29, 1.82) is 0 Å². The second-order valence-corrected chi connectivity index (χ2v) is 7.22. The van der Waals surface area contributed by atoms with Gasteiger partial charge in [-0.15, -0.1) is 0 Å². The number of carbonyl (C=O) groups is 1. The van der Waals surface area contributed by atoms with Crippen LogP contribution in [0.3, 0.4) is 0 Å². The van der Waals surface area contributed by atoms with Gasteiger partial charge in [0.1, 0.15) is 5.82 Å². The van der Waals surface area contributed by atoms with Gasteiger partial charge in [-0.3, -0.25) is 9.89 Å². The Kier molecular flexibility index (Phi) is 3.56. The highest BCUT2D eigenvalue weighted by atomic mass is 16.1. The number of fused-ring (bicyclic) bond motifs is 4. The second-order valence-electron chi connectivity index (χ2n) is 7.22. The Hall–Kier alpha value is -3.09. The van der Waals surface area contributed by atoms with Crippen molar-refractivity contribution in [2.24, 2.45) is 7.05 Å². The molecular formula is C20H22N6O. The fraction of sp³-hybridized carbons (Fsp3) is 0.350. The summed E-state index contributed by atoms with van der Waals surface area (Å²) in [6.45, 7) is 2.04. The molecule has 1 aliphatic carbocycles. The maximum atomic E-state index is 12.9. The van der Waals surface area contributed by atoms with Gasteiger partial charge in [0.25, 0.3) is 5.91 Å². The van der Waals surface area contributed by atoms with Gasteiger partial charge in [-0.25, -0.2) is 4.68 Å². The third-order valence-corrected chi connectivity index (χ3v) is 5.55. The third kappa shape index (κ3) is 2.45. The van der Waals surface area contributed by atoms with E-state index < -0.39 is 0 Å². The predicted octanol–water partition coefficient (Wildman–Crippen LogP) is 3.47. The van der Waals surface area contributed by atoms with Crippen LogP contribution in [0.15, 0.2) is 18.2 Å². The maximum Gasteiger partial charge on any atom is 0.256 e. The van der Waals surface area contributed by atoms with E-state index in [0.717, 1.165) is 41.5 Å². The predicted molar refractivity (Wildman–Crippen MR) is 105 cm³/mol. The Balaban J connectivity index is 1.51. The number of nitrogens with zero attached hydrogens (tertiary/aromatic N) is 3. The molecule has 0 atom stereocenters. The minimum atomic E-state index is -0.140. The van der Waals surface area contributed by atoms with E-state index in [1.165, 1.54) is 29.5 Å². The Bertz CT molecular complexity index is 1180. The first-order valence-corrected chi connectivity index (χ1v) is 9.50. The van der Waals surface area contributed by atoms with Gasteiger partial charge in [-0.2, -0.15) is 10.2 Å². The first-order chi connectivity index (χ1) is 13.2. The molecular weight excluding hydrogens is 340 g/mol. The average molecular weight is 362 g/mol. The first kappa shape index (κ1) is 16.1. The SMILES string of the molecule is CCc1nn(C)c2n[nH]c(NC(=O)c3ccc4[nH]c5c(c4c3)CCCC5)c12. The van der Waals surface area contributed by atoms with Crippen molar-refractivity contribution in [3.05, 3.63) is 40.7 Å². The lowest BCUT2D eigenvalue weighted by Crippen LogP contribution is -2.12. The van der Waals surface area contributed by atoms with Crippen LogP contribution in [0.1, 0.15) is 47.1 Å². The van der Waals surface area contributed by atoms with E-state index in [9.17, 15) is 4.79 Å². The Morgan fingerprint density at radius 1 is 1.30 bits per heavy atom. The summed E-state index contributed by atoms with van der Waals surface area (Å²) in [5, 5.41) is 16.7. The largest absolute Gasteiger partial charge is 0.358 e. The van der Waals surface area contributed by atoms with Gasteiger partial charge in [-0.1, -0.05) is 6.92 Å². The highest BCUT2D eigenvalue weighted by Crippen LogP contribution is 2.30. The van der Waals surface area contributed by atoms with Crippen molar-refractivity contribution < 1.29 is 4.79 Å². The van der Waals surface area contributed by atoms with Crippen LogP contribution in [-0.4, -0.2) is 30.9 Å². The number of benzene rings is 1. The molecule has 3 aromatic heterocycles. The van der Waals surface area contributed by atoms with Crippen LogP contribution >= 0.6 is 0 Å². The molecule has 0 radical (unpaired) electrons. The van der Waals surface area contributed by atoms with Crippen LogP contribution < -0.4 is 5.32 Å². The number of H-pyrrole nitrogens is 2. The van der Waals surface area contributed by atoms with Crippen LogP contribution in [0.4, 0.5) is 5.82 Å². The molecule has 1 amide bonds. The highest BCUT2D eigenvalue weighted by Gasteiger charge is 2.19.